The molecule has 0 saturated carbocycles. The fourth-order valence-corrected chi connectivity index (χ4v) is 6.15. The number of nitrogens with zero attached hydrogens (tertiary/aromatic N) is 2. The van der Waals surface area contributed by atoms with Gasteiger partial charge in [0.1, 0.15) is 21.5 Å². The summed E-state index contributed by atoms with van der Waals surface area (Å²) >= 11 is 1.15. The molecule has 28 heavy (non-hydrogen) atoms. The summed E-state index contributed by atoms with van der Waals surface area (Å²) in [6, 6.07) is 2.42. The van der Waals surface area contributed by atoms with Gasteiger partial charge in [0.25, 0.3) is 0 Å². The van der Waals surface area contributed by atoms with Crippen LogP contribution in [0.25, 0.3) is 0 Å². The predicted molar refractivity (Wildman–Crippen MR) is 108 cm³/mol. The second-order valence-corrected chi connectivity index (χ2v) is 10.6. The molecule has 0 spiro atoms. The smallest absolute Gasteiger partial charge is 0.320 e. The van der Waals surface area contributed by atoms with E-state index in [1.165, 1.54) is 0 Å². The number of aliphatic carboxylic acids is 1. The maximum atomic E-state index is 12.9. The van der Waals surface area contributed by atoms with Gasteiger partial charge in [-0.25, -0.2) is 13.1 Å². The Balaban J connectivity index is 1.71. The summed E-state index contributed by atoms with van der Waals surface area (Å²) < 4.78 is 28.9. The van der Waals surface area contributed by atoms with Gasteiger partial charge in [0, 0.05) is 12.6 Å². The van der Waals surface area contributed by atoms with Gasteiger partial charge in [0.2, 0.25) is 10.0 Å². The van der Waals surface area contributed by atoms with Crippen LogP contribution < -0.4 is 9.79 Å². The SMILES string of the molecule is CC(C)C[C@@H](CN1CCC[C@H]1C(=O)O)NS(=O)(=O)c1ccc(N2CC=CO2)s1. The molecule has 0 amide bonds. The fourth-order valence-electron chi connectivity index (χ4n) is 3.64. The Kier molecular flexibility index (Phi) is 6.64. The minimum Gasteiger partial charge on any atom is -0.480 e. The highest BCUT2D eigenvalue weighted by Crippen LogP contribution is 2.31. The van der Waals surface area contributed by atoms with E-state index in [0.29, 0.717) is 32.5 Å². The largest absolute Gasteiger partial charge is 0.480 e. The number of hydrogen-bond acceptors (Lipinski definition) is 7. The van der Waals surface area contributed by atoms with Crippen LogP contribution in [0.15, 0.2) is 28.7 Å². The van der Waals surface area contributed by atoms with Crippen molar-refractivity contribution in [1.29, 1.82) is 0 Å². The number of hydroxylamine groups is 1. The Labute approximate surface area is 169 Å². The molecule has 2 N–H and O–H groups in total. The predicted octanol–water partition coefficient (Wildman–Crippen LogP) is 2.26. The van der Waals surface area contributed by atoms with Crippen molar-refractivity contribution in [3.05, 3.63) is 24.5 Å². The highest BCUT2D eigenvalue weighted by molar-refractivity contribution is 7.91. The summed E-state index contributed by atoms with van der Waals surface area (Å²) in [7, 11) is -3.70. The van der Waals surface area contributed by atoms with Crippen LogP contribution in [0, 0.1) is 5.92 Å². The van der Waals surface area contributed by atoms with Crippen LogP contribution in [0.4, 0.5) is 5.00 Å². The molecule has 0 unspecified atom stereocenters. The van der Waals surface area contributed by atoms with Crippen molar-refractivity contribution in [2.45, 2.75) is 49.4 Å². The van der Waals surface area contributed by atoms with Gasteiger partial charge in [0.15, 0.2) is 0 Å². The normalized spacial score (nSPS) is 21.4. The Morgan fingerprint density at radius 3 is 2.86 bits per heavy atom. The third-order valence-corrected chi connectivity index (χ3v) is 7.92. The van der Waals surface area contributed by atoms with E-state index in [9.17, 15) is 18.3 Å². The van der Waals surface area contributed by atoms with E-state index >= 15 is 0 Å². The Morgan fingerprint density at radius 2 is 2.21 bits per heavy atom. The summed E-state index contributed by atoms with van der Waals surface area (Å²) in [4.78, 5) is 18.6. The van der Waals surface area contributed by atoms with E-state index in [0.717, 1.165) is 22.8 Å². The maximum Gasteiger partial charge on any atom is 0.320 e. The molecular formula is C18H27N3O5S2. The maximum absolute atomic E-state index is 12.9. The zero-order valence-electron chi connectivity index (χ0n) is 16.1. The molecule has 1 aromatic heterocycles. The molecule has 10 heteroatoms. The van der Waals surface area contributed by atoms with E-state index in [4.69, 9.17) is 4.84 Å². The highest BCUT2D eigenvalue weighted by atomic mass is 32.2. The van der Waals surface area contributed by atoms with Crippen molar-refractivity contribution in [2.75, 3.05) is 24.7 Å². The number of nitrogens with one attached hydrogen (secondary N) is 1. The second-order valence-electron chi connectivity index (χ2n) is 7.57. The first-order chi connectivity index (χ1) is 13.3. The van der Waals surface area contributed by atoms with Gasteiger partial charge in [-0.15, -0.1) is 11.3 Å². The lowest BCUT2D eigenvalue weighted by atomic mass is 10.0. The molecule has 156 valence electrons. The summed E-state index contributed by atoms with van der Waals surface area (Å²) in [5, 5.41) is 11.7. The van der Waals surface area contributed by atoms with Crippen molar-refractivity contribution in [3.8, 4) is 0 Å². The number of carboxylic acids is 1. The highest BCUT2D eigenvalue weighted by Gasteiger charge is 2.33. The number of rotatable bonds is 9. The van der Waals surface area contributed by atoms with Crippen molar-refractivity contribution >= 4 is 32.3 Å². The molecule has 2 atom stereocenters. The molecule has 1 saturated heterocycles. The lowest BCUT2D eigenvalue weighted by Crippen LogP contribution is -2.47. The number of likely N-dealkylation sites (tertiary alicyclic amines) is 1. The quantitative estimate of drug-likeness (QED) is 0.621. The third-order valence-electron chi connectivity index (χ3n) is 4.81. The van der Waals surface area contributed by atoms with Crippen LogP contribution in [-0.4, -0.2) is 56.1 Å². The molecule has 0 bridgehead atoms. The fraction of sp³-hybridized carbons (Fsp3) is 0.611. The lowest BCUT2D eigenvalue weighted by molar-refractivity contribution is -0.142. The van der Waals surface area contributed by atoms with Crippen molar-refractivity contribution in [2.24, 2.45) is 5.92 Å². The Morgan fingerprint density at radius 1 is 1.43 bits per heavy atom. The number of carboxylic acid groups (broad SMARTS) is 1. The zero-order chi connectivity index (χ0) is 20.3. The lowest BCUT2D eigenvalue weighted by Gasteiger charge is -2.28. The molecule has 2 aliphatic heterocycles. The molecule has 0 aromatic carbocycles. The van der Waals surface area contributed by atoms with Crippen LogP contribution >= 0.6 is 11.3 Å². The third kappa shape index (κ3) is 5.05. The molecule has 1 aromatic rings. The van der Waals surface area contributed by atoms with Gasteiger partial charge in [-0.2, -0.15) is 5.06 Å². The van der Waals surface area contributed by atoms with Gasteiger partial charge in [-0.3, -0.25) is 9.69 Å². The van der Waals surface area contributed by atoms with Crippen LogP contribution in [0.3, 0.4) is 0 Å². The average molecular weight is 430 g/mol. The monoisotopic (exact) mass is 429 g/mol. The van der Waals surface area contributed by atoms with Crippen LogP contribution in [-0.2, 0) is 19.7 Å². The van der Waals surface area contributed by atoms with E-state index in [2.05, 4.69) is 4.72 Å². The zero-order valence-corrected chi connectivity index (χ0v) is 17.7. The van der Waals surface area contributed by atoms with Gasteiger partial charge >= 0.3 is 5.97 Å². The van der Waals surface area contributed by atoms with E-state index in [-0.39, 0.29) is 16.2 Å². The second kappa shape index (κ2) is 8.81. The first kappa shape index (κ1) is 21.1. The number of anilines is 1. The van der Waals surface area contributed by atoms with E-state index in [1.807, 2.05) is 24.8 Å². The van der Waals surface area contributed by atoms with Crippen molar-refractivity contribution < 1.29 is 23.2 Å². The minimum atomic E-state index is -3.70. The first-order valence-corrected chi connectivity index (χ1v) is 11.7. The minimum absolute atomic E-state index is 0.225. The van der Waals surface area contributed by atoms with Crippen LogP contribution in [0.1, 0.15) is 33.1 Å². The Bertz CT molecular complexity index is 813. The standard InChI is InChI=1S/C18H27N3O5S2/c1-13(2)11-14(12-20-8-3-5-15(20)18(22)23)19-28(24,25)17-7-6-16(27-17)21-9-4-10-26-21/h4,6-7,10,13-15,19H,3,5,8-9,11-12H2,1-2H3,(H,22,23)/t14-,15-/m0/s1. The molecular weight excluding hydrogens is 402 g/mol. The molecule has 2 aliphatic rings. The molecule has 8 nitrogen and oxygen atoms in total. The van der Waals surface area contributed by atoms with Gasteiger partial charge in [-0.1, -0.05) is 13.8 Å². The first-order valence-electron chi connectivity index (χ1n) is 9.44. The van der Waals surface area contributed by atoms with Gasteiger partial charge < -0.3 is 9.94 Å². The summed E-state index contributed by atoms with van der Waals surface area (Å²) in [5.41, 5.74) is 0. The topological polar surface area (TPSA) is 99.2 Å². The molecule has 3 heterocycles. The summed E-state index contributed by atoms with van der Waals surface area (Å²) in [5.74, 6) is -0.563. The van der Waals surface area contributed by atoms with Crippen LogP contribution in [0.5, 0.6) is 0 Å². The number of hydrogen-bond donors (Lipinski definition) is 2. The van der Waals surface area contributed by atoms with Gasteiger partial charge in [0.05, 0.1) is 6.54 Å². The van der Waals surface area contributed by atoms with Gasteiger partial charge in [-0.05, 0) is 49.9 Å². The van der Waals surface area contributed by atoms with E-state index < -0.39 is 22.0 Å². The van der Waals surface area contributed by atoms with E-state index in [1.54, 1.807) is 23.5 Å². The molecule has 0 aliphatic carbocycles. The number of carbonyl (C=O) groups is 1. The summed E-state index contributed by atoms with van der Waals surface area (Å²) in [6.45, 7) is 5.71. The number of thiophene rings is 1. The Hall–Kier alpha value is -1.62. The van der Waals surface area contributed by atoms with Crippen molar-refractivity contribution in [1.82, 2.24) is 9.62 Å². The molecule has 0 radical (unpaired) electrons. The van der Waals surface area contributed by atoms with Crippen molar-refractivity contribution in [3.63, 3.8) is 0 Å². The molecule has 3 rings (SSSR count). The van der Waals surface area contributed by atoms with Crippen LogP contribution in [0.2, 0.25) is 0 Å². The number of sulfonamides is 1. The average Bonchev–Trinajstić information content (AvgIpc) is 3.34. The summed E-state index contributed by atoms with van der Waals surface area (Å²) in [6.07, 6.45) is 5.48. The molecule has 1 fully saturated rings.